The fourth-order valence-corrected chi connectivity index (χ4v) is 0.821. The molecule has 0 saturated heterocycles. The number of aliphatic hydroxyl groups is 1. The minimum atomic E-state index is -0.767. The van der Waals surface area contributed by atoms with Crippen LogP contribution in [0.1, 0.15) is 20.3 Å². The summed E-state index contributed by atoms with van der Waals surface area (Å²) in [6.45, 7) is 3.53. The topological polar surface area (TPSA) is 46.5 Å². The summed E-state index contributed by atoms with van der Waals surface area (Å²) in [6.07, 6.45) is 1.71. The third-order valence-corrected chi connectivity index (χ3v) is 1.80. The van der Waals surface area contributed by atoms with Gasteiger partial charge in [-0.3, -0.25) is 0 Å². The molecule has 3 nitrogen and oxygen atoms in total. The molecule has 1 N–H and O–H groups in total. The van der Waals surface area contributed by atoms with E-state index in [9.17, 15) is 4.79 Å². The van der Waals surface area contributed by atoms with E-state index in [0.717, 1.165) is 6.08 Å². The standard InChI is InChI=1S/C7H10O3/c1-3-7(2)5(8)4-6(9)10-7/h4,8H,3H2,1-2H3. The van der Waals surface area contributed by atoms with Gasteiger partial charge in [0.2, 0.25) is 0 Å². The van der Waals surface area contributed by atoms with E-state index in [1.807, 2.05) is 6.92 Å². The predicted octanol–water partition coefficient (Wildman–Crippen LogP) is 1.15. The highest BCUT2D eigenvalue weighted by Gasteiger charge is 2.36. The quantitative estimate of drug-likeness (QED) is 0.559. The maximum Gasteiger partial charge on any atom is 0.335 e. The molecule has 56 valence electrons. The number of carbonyl (C=O) groups is 1. The van der Waals surface area contributed by atoms with Crippen LogP contribution >= 0.6 is 0 Å². The Labute approximate surface area is 59.3 Å². The second-order valence-electron chi connectivity index (χ2n) is 2.54. The molecule has 1 aliphatic rings. The average molecular weight is 142 g/mol. The fraction of sp³-hybridized carbons (Fsp3) is 0.571. The number of ether oxygens (including phenoxy) is 1. The molecule has 0 saturated carbocycles. The molecule has 0 bridgehead atoms. The Morgan fingerprint density at radius 3 is 2.60 bits per heavy atom. The molecule has 0 radical (unpaired) electrons. The normalized spacial score (nSPS) is 31.8. The number of carbonyl (C=O) groups excluding carboxylic acids is 1. The molecule has 1 unspecified atom stereocenters. The van der Waals surface area contributed by atoms with Crippen molar-refractivity contribution in [3.05, 3.63) is 11.8 Å². The van der Waals surface area contributed by atoms with Crippen LogP contribution in [0.3, 0.4) is 0 Å². The molecule has 1 heterocycles. The van der Waals surface area contributed by atoms with E-state index < -0.39 is 11.6 Å². The lowest BCUT2D eigenvalue weighted by molar-refractivity contribution is -0.146. The van der Waals surface area contributed by atoms with Gasteiger partial charge >= 0.3 is 5.97 Å². The molecule has 1 atom stereocenters. The number of hydrogen-bond donors (Lipinski definition) is 1. The molecule has 0 aliphatic carbocycles. The Bertz CT molecular complexity index is 195. The zero-order valence-electron chi connectivity index (χ0n) is 6.05. The monoisotopic (exact) mass is 142 g/mol. The van der Waals surface area contributed by atoms with Crippen molar-refractivity contribution in [3.63, 3.8) is 0 Å². The van der Waals surface area contributed by atoms with Crippen LogP contribution in [0.2, 0.25) is 0 Å². The fourth-order valence-electron chi connectivity index (χ4n) is 0.821. The molecule has 3 heteroatoms. The molecule has 10 heavy (non-hydrogen) atoms. The number of rotatable bonds is 1. The Hall–Kier alpha value is -0.990. The van der Waals surface area contributed by atoms with Crippen LogP contribution in [-0.2, 0) is 9.53 Å². The molecule has 1 rings (SSSR count). The van der Waals surface area contributed by atoms with E-state index in [1.165, 1.54) is 0 Å². The molecular formula is C7H10O3. The molecule has 0 amide bonds. The summed E-state index contributed by atoms with van der Waals surface area (Å²) in [6, 6.07) is 0. The van der Waals surface area contributed by atoms with Crippen LogP contribution < -0.4 is 0 Å². The summed E-state index contributed by atoms with van der Waals surface area (Å²) in [5.41, 5.74) is -0.767. The van der Waals surface area contributed by atoms with Crippen molar-refractivity contribution < 1.29 is 14.6 Å². The molecule has 0 fully saturated rings. The number of esters is 1. The Morgan fingerprint density at radius 2 is 2.40 bits per heavy atom. The van der Waals surface area contributed by atoms with Crippen LogP contribution in [0.15, 0.2) is 11.8 Å². The average Bonchev–Trinajstić information content (AvgIpc) is 2.09. The zero-order valence-corrected chi connectivity index (χ0v) is 6.05. The highest BCUT2D eigenvalue weighted by Crippen LogP contribution is 2.28. The van der Waals surface area contributed by atoms with Crippen LogP contribution in [0, 0.1) is 0 Å². The van der Waals surface area contributed by atoms with E-state index in [2.05, 4.69) is 0 Å². The first-order valence-electron chi connectivity index (χ1n) is 3.22. The van der Waals surface area contributed by atoms with Gasteiger partial charge in [0.1, 0.15) is 5.76 Å². The summed E-state index contributed by atoms with van der Waals surface area (Å²) in [7, 11) is 0. The lowest BCUT2D eigenvalue weighted by Crippen LogP contribution is -2.26. The highest BCUT2D eigenvalue weighted by atomic mass is 16.6. The SMILES string of the molecule is CCC1(C)OC(=O)C=C1O. The number of hydrogen-bond acceptors (Lipinski definition) is 3. The number of cyclic esters (lactones) is 1. The van der Waals surface area contributed by atoms with Crippen LogP contribution in [-0.4, -0.2) is 16.7 Å². The lowest BCUT2D eigenvalue weighted by atomic mass is 10.0. The van der Waals surface area contributed by atoms with Crippen molar-refractivity contribution in [2.45, 2.75) is 25.9 Å². The van der Waals surface area contributed by atoms with Crippen molar-refractivity contribution in [1.29, 1.82) is 0 Å². The Morgan fingerprint density at radius 1 is 1.80 bits per heavy atom. The maximum atomic E-state index is 10.6. The van der Waals surface area contributed by atoms with Crippen molar-refractivity contribution in [3.8, 4) is 0 Å². The Kier molecular flexibility index (Phi) is 1.43. The van der Waals surface area contributed by atoms with Crippen molar-refractivity contribution in [2.75, 3.05) is 0 Å². The molecule has 0 aromatic heterocycles. The van der Waals surface area contributed by atoms with Crippen LogP contribution in [0.4, 0.5) is 0 Å². The molecular weight excluding hydrogens is 132 g/mol. The van der Waals surface area contributed by atoms with Gasteiger partial charge in [-0.15, -0.1) is 0 Å². The highest BCUT2D eigenvalue weighted by molar-refractivity contribution is 5.85. The van der Waals surface area contributed by atoms with E-state index in [-0.39, 0.29) is 5.76 Å². The van der Waals surface area contributed by atoms with Gasteiger partial charge in [-0.25, -0.2) is 4.79 Å². The van der Waals surface area contributed by atoms with Gasteiger partial charge in [0.15, 0.2) is 5.60 Å². The second kappa shape index (κ2) is 2.01. The Balaban J connectivity index is 2.86. The first-order valence-corrected chi connectivity index (χ1v) is 3.22. The van der Waals surface area contributed by atoms with Gasteiger partial charge in [-0.1, -0.05) is 6.92 Å². The van der Waals surface area contributed by atoms with Gasteiger partial charge in [-0.2, -0.15) is 0 Å². The van der Waals surface area contributed by atoms with Crippen molar-refractivity contribution in [1.82, 2.24) is 0 Å². The van der Waals surface area contributed by atoms with Crippen LogP contribution in [0.25, 0.3) is 0 Å². The predicted molar refractivity (Wildman–Crippen MR) is 35.5 cm³/mol. The van der Waals surface area contributed by atoms with Gasteiger partial charge in [0.05, 0.1) is 6.08 Å². The minimum Gasteiger partial charge on any atom is -0.508 e. The van der Waals surface area contributed by atoms with Crippen molar-refractivity contribution in [2.24, 2.45) is 0 Å². The summed E-state index contributed by atoms with van der Waals surface area (Å²) in [5.74, 6) is -0.429. The summed E-state index contributed by atoms with van der Waals surface area (Å²) < 4.78 is 4.83. The van der Waals surface area contributed by atoms with Crippen LogP contribution in [0.5, 0.6) is 0 Å². The van der Waals surface area contributed by atoms with Gasteiger partial charge in [0, 0.05) is 0 Å². The van der Waals surface area contributed by atoms with E-state index in [1.54, 1.807) is 6.92 Å². The summed E-state index contributed by atoms with van der Waals surface area (Å²) in [4.78, 5) is 10.6. The second-order valence-corrected chi connectivity index (χ2v) is 2.54. The number of aliphatic hydroxyl groups excluding tert-OH is 1. The van der Waals surface area contributed by atoms with E-state index in [4.69, 9.17) is 9.84 Å². The maximum absolute atomic E-state index is 10.6. The minimum absolute atomic E-state index is 0.0278. The van der Waals surface area contributed by atoms with E-state index in [0.29, 0.717) is 6.42 Å². The third-order valence-electron chi connectivity index (χ3n) is 1.80. The molecule has 0 aromatic carbocycles. The molecule has 1 aliphatic heterocycles. The van der Waals surface area contributed by atoms with Gasteiger partial charge < -0.3 is 9.84 Å². The van der Waals surface area contributed by atoms with E-state index >= 15 is 0 Å². The smallest absolute Gasteiger partial charge is 0.335 e. The largest absolute Gasteiger partial charge is 0.508 e. The molecule has 0 aromatic rings. The third kappa shape index (κ3) is 0.875. The lowest BCUT2D eigenvalue weighted by Gasteiger charge is -2.20. The summed E-state index contributed by atoms with van der Waals surface area (Å²) >= 11 is 0. The molecule has 0 spiro atoms. The van der Waals surface area contributed by atoms with Crippen molar-refractivity contribution >= 4 is 5.97 Å². The first kappa shape index (κ1) is 7.12. The van der Waals surface area contributed by atoms with Gasteiger partial charge in [-0.05, 0) is 13.3 Å². The summed E-state index contributed by atoms with van der Waals surface area (Å²) in [5, 5.41) is 9.13. The van der Waals surface area contributed by atoms with Gasteiger partial charge in [0.25, 0.3) is 0 Å². The zero-order chi connectivity index (χ0) is 7.78. The first-order chi connectivity index (χ1) is 4.58.